The maximum Gasteiger partial charge on any atom is 0.0699 e. The summed E-state index contributed by atoms with van der Waals surface area (Å²) >= 11 is 1.86. The first-order chi connectivity index (χ1) is 9.40. The Bertz CT molecular complexity index is 523. The molecule has 0 radical (unpaired) electrons. The Kier molecular flexibility index (Phi) is 3.97. The summed E-state index contributed by atoms with van der Waals surface area (Å²) in [7, 11) is 0. The van der Waals surface area contributed by atoms with Crippen LogP contribution in [-0.4, -0.2) is 29.7 Å². The largest absolute Gasteiger partial charge is 0.396 e. The molecule has 100 valence electrons. The fraction of sp³-hybridized carbons (Fsp3) is 0.375. The maximum atomic E-state index is 9.08. The van der Waals surface area contributed by atoms with Gasteiger partial charge >= 0.3 is 0 Å². The lowest BCUT2D eigenvalue weighted by Crippen LogP contribution is -2.36. The van der Waals surface area contributed by atoms with Gasteiger partial charge in [-0.3, -0.25) is 4.90 Å². The zero-order valence-electron chi connectivity index (χ0n) is 11.0. The zero-order chi connectivity index (χ0) is 13.1. The van der Waals surface area contributed by atoms with E-state index in [9.17, 15) is 0 Å². The van der Waals surface area contributed by atoms with Crippen LogP contribution >= 0.6 is 11.3 Å². The smallest absolute Gasteiger partial charge is 0.0699 e. The van der Waals surface area contributed by atoms with E-state index in [4.69, 9.17) is 5.11 Å². The van der Waals surface area contributed by atoms with E-state index in [0.29, 0.717) is 6.04 Å². The molecule has 2 heterocycles. The number of aliphatic hydroxyl groups is 1. The SMILES string of the molecule is OCCCN1CCc2ccsc2C1c1ccccc1. The van der Waals surface area contributed by atoms with Gasteiger partial charge in [0, 0.05) is 24.6 Å². The molecule has 2 aromatic rings. The standard InChI is InChI=1S/C16H19NOS/c18-11-4-9-17-10-7-14-8-12-19-16(14)15(17)13-5-2-1-3-6-13/h1-3,5-6,8,12,15,18H,4,7,9-11H2. The molecule has 1 unspecified atom stereocenters. The predicted octanol–water partition coefficient (Wildman–Crippen LogP) is 3.08. The minimum Gasteiger partial charge on any atom is -0.396 e. The van der Waals surface area contributed by atoms with Gasteiger partial charge in [-0.05, 0) is 35.4 Å². The number of aliphatic hydroxyl groups excluding tert-OH is 1. The molecule has 3 heteroatoms. The highest BCUT2D eigenvalue weighted by Gasteiger charge is 2.29. The van der Waals surface area contributed by atoms with E-state index in [0.717, 1.165) is 25.9 Å². The summed E-state index contributed by atoms with van der Waals surface area (Å²) in [6, 6.07) is 13.4. The van der Waals surface area contributed by atoms with Crippen LogP contribution in [0.1, 0.15) is 28.5 Å². The number of thiophene rings is 1. The Hall–Kier alpha value is -1.16. The molecular formula is C16H19NOS. The van der Waals surface area contributed by atoms with Gasteiger partial charge in [0.25, 0.3) is 0 Å². The van der Waals surface area contributed by atoms with Crippen molar-refractivity contribution in [2.24, 2.45) is 0 Å². The van der Waals surface area contributed by atoms with Crippen LogP contribution < -0.4 is 0 Å². The van der Waals surface area contributed by atoms with Crippen LogP contribution in [0.4, 0.5) is 0 Å². The minimum atomic E-state index is 0.273. The van der Waals surface area contributed by atoms with Gasteiger partial charge in [-0.25, -0.2) is 0 Å². The fourth-order valence-corrected chi connectivity index (χ4v) is 3.98. The van der Waals surface area contributed by atoms with Crippen molar-refractivity contribution in [2.45, 2.75) is 18.9 Å². The van der Waals surface area contributed by atoms with Crippen LogP contribution in [0.25, 0.3) is 0 Å². The van der Waals surface area contributed by atoms with Crippen molar-refractivity contribution in [3.8, 4) is 0 Å². The fourth-order valence-electron chi connectivity index (χ4n) is 2.87. The molecule has 0 aliphatic carbocycles. The quantitative estimate of drug-likeness (QED) is 0.925. The Balaban J connectivity index is 1.95. The lowest BCUT2D eigenvalue weighted by Gasteiger charge is -2.36. The van der Waals surface area contributed by atoms with Gasteiger partial charge in [-0.15, -0.1) is 11.3 Å². The van der Waals surface area contributed by atoms with E-state index in [2.05, 4.69) is 46.7 Å². The average molecular weight is 273 g/mol. The van der Waals surface area contributed by atoms with E-state index in [1.54, 1.807) is 0 Å². The number of hydrogen-bond donors (Lipinski definition) is 1. The molecule has 19 heavy (non-hydrogen) atoms. The second-order valence-electron chi connectivity index (χ2n) is 4.99. The molecule has 1 aliphatic rings. The first-order valence-corrected chi connectivity index (χ1v) is 7.74. The second kappa shape index (κ2) is 5.87. The number of hydrogen-bond acceptors (Lipinski definition) is 3. The number of rotatable bonds is 4. The monoisotopic (exact) mass is 273 g/mol. The highest BCUT2D eigenvalue weighted by molar-refractivity contribution is 7.10. The molecular weight excluding hydrogens is 254 g/mol. The van der Waals surface area contributed by atoms with Gasteiger partial charge in [-0.2, -0.15) is 0 Å². The highest BCUT2D eigenvalue weighted by atomic mass is 32.1. The highest BCUT2D eigenvalue weighted by Crippen LogP contribution is 2.38. The number of fused-ring (bicyclic) bond motifs is 1. The number of nitrogens with zero attached hydrogens (tertiary/aromatic N) is 1. The molecule has 1 N–H and O–H groups in total. The molecule has 1 aromatic carbocycles. The van der Waals surface area contributed by atoms with Crippen LogP contribution in [0.2, 0.25) is 0 Å². The minimum absolute atomic E-state index is 0.273. The van der Waals surface area contributed by atoms with Gasteiger partial charge in [0.2, 0.25) is 0 Å². The summed E-state index contributed by atoms with van der Waals surface area (Å²) in [5.41, 5.74) is 2.86. The van der Waals surface area contributed by atoms with Crippen LogP contribution in [0.15, 0.2) is 41.8 Å². The third-order valence-electron chi connectivity index (χ3n) is 3.78. The molecule has 0 saturated heterocycles. The molecule has 3 rings (SSSR count). The van der Waals surface area contributed by atoms with Gasteiger partial charge in [0.05, 0.1) is 6.04 Å². The molecule has 0 fully saturated rings. The van der Waals surface area contributed by atoms with Crippen molar-refractivity contribution >= 4 is 11.3 Å². The number of benzene rings is 1. The molecule has 1 aliphatic heterocycles. The second-order valence-corrected chi connectivity index (χ2v) is 5.93. The van der Waals surface area contributed by atoms with Crippen LogP contribution in [0.5, 0.6) is 0 Å². The van der Waals surface area contributed by atoms with Crippen molar-refractivity contribution in [3.63, 3.8) is 0 Å². The normalized spacial score (nSPS) is 19.3. The zero-order valence-corrected chi connectivity index (χ0v) is 11.8. The van der Waals surface area contributed by atoms with Gasteiger partial charge in [0.1, 0.15) is 0 Å². The van der Waals surface area contributed by atoms with Crippen molar-refractivity contribution in [3.05, 3.63) is 57.8 Å². The van der Waals surface area contributed by atoms with E-state index < -0.39 is 0 Å². The van der Waals surface area contributed by atoms with E-state index in [1.807, 2.05) is 11.3 Å². The van der Waals surface area contributed by atoms with E-state index in [-0.39, 0.29) is 6.61 Å². The lowest BCUT2D eigenvalue weighted by molar-refractivity contribution is 0.188. The lowest BCUT2D eigenvalue weighted by atomic mass is 9.95. The Morgan fingerprint density at radius 1 is 1.21 bits per heavy atom. The van der Waals surface area contributed by atoms with Crippen molar-refractivity contribution in [1.29, 1.82) is 0 Å². The van der Waals surface area contributed by atoms with E-state index >= 15 is 0 Å². The summed E-state index contributed by atoms with van der Waals surface area (Å²) in [4.78, 5) is 3.99. The molecule has 0 bridgehead atoms. The summed E-state index contributed by atoms with van der Waals surface area (Å²) in [5, 5.41) is 11.3. The van der Waals surface area contributed by atoms with Gasteiger partial charge < -0.3 is 5.11 Å². The van der Waals surface area contributed by atoms with Crippen LogP contribution in [0, 0.1) is 0 Å². The third-order valence-corrected chi connectivity index (χ3v) is 4.79. The third kappa shape index (κ3) is 2.59. The molecule has 0 saturated carbocycles. The summed E-state index contributed by atoms with van der Waals surface area (Å²) < 4.78 is 0. The first-order valence-electron chi connectivity index (χ1n) is 6.86. The summed E-state index contributed by atoms with van der Waals surface area (Å²) in [6.07, 6.45) is 1.98. The van der Waals surface area contributed by atoms with Gasteiger partial charge in [-0.1, -0.05) is 30.3 Å². The Morgan fingerprint density at radius 3 is 2.84 bits per heavy atom. The summed E-state index contributed by atoms with van der Waals surface area (Å²) in [5.74, 6) is 0. The predicted molar refractivity (Wildman–Crippen MR) is 79.6 cm³/mol. The first kappa shape index (κ1) is 12.9. The van der Waals surface area contributed by atoms with Gasteiger partial charge in [0.15, 0.2) is 0 Å². The topological polar surface area (TPSA) is 23.5 Å². The van der Waals surface area contributed by atoms with E-state index in [1.165, 1.54) is 16.0 Å². The Morgan fingerprint density at radius 2 is 2.05 bits per heavy atom. The van der Waals surface area contributed by atoms with Crippen molar-refractivity contribution in [2.75, 3.05) is 19.7 Å². The average Bonchev–Trinajstić information content (AvgIpc) is 2.93. The Labute approximate surface area is 118 Å². The van der Waals surface area contributed by atoms with Crippen LogP contribution in [-0.2, 0) is 6.42 Å². The molecule has 1 atom stereocenters. The molecule has 0 amide bonds. The maximum absolute atomic E-state index is 9.08. The molecule has 0 spiro atoms. The van der Waals surface area contributed by atoms with Crippen molar-refractivity contribution < 1.29 is 5.11 Å². The van der Waals surface area contributed by atoms with Crippen molar-refractivity contribution in [1.82, 2.24) is 4.90 Å². The molecule has 2 nitrogen and oxygen atoms in total. The molecule has 1 aromatic heterocycles. The summed E-state index contributed by atoms with van der Waals surface area (Å²) in [6.45, 7) is 2.33. The van der Waals surface area contributed by atoms with Crippen LogP contribution in [0.3, 0.4) is 0 Å².